The van der Waals surface area contributed by atoms with E-state index < -0.39 is 35.8 Å². The Hall–Kier alpha value is -1.79. The molecule has 0 spiro atoms. The molecule has 1 saturated carbocycles. The molecule has 1 fully saturated rings. The second kappa shape index (κ2) is 5.54. The average molecular weight is 304 g/mol. The summed E-state index contributed by atoms with van der Waals surface area (Å²) in [6.07, 6.45) is -4.39. The monoisotopic (exact) mass is 304 g/mol. The molecule has 0 radical (unpaired) electrons. The van der Waals surface area contributed by atoms with Crippen molar-refractivity contribution in [2.45, 2.75) is 37.4 Å². The zero-order chi connectivity index (χ0) is 15.7. The van der Waals surface area contributed by atoms with Crippen molar-refractivity contribution < 1.29 is 22.4 Å². The summed E-state index contributed by atoms with van der Waals surface area (Å²) in [7, 11) is 0. The van der Waals surface area contributed by atoms with Gasteiger partial charge in [0.25, 0.3) is 0 Å². The lowest BCUT2D eigenvalue weighted by molar-refractivity contribution is -0.186. The van der Waals surface area contributed by atoms with Gasteiger partial charge >= 0.3 is 6.18 Å². The summed E-state index contributed by atoms with van der Waals surface area (Å²) in [6.45, 7) is 0. The predicted molar refractivity (Wildman–Crippen MR) is 70.0 cm³/mol. The van der Waals surface area contributed by atoms with E-state index in [9.17, 15) is 22.4 Å². The zero-order valence-corrected chi connectivity index (χ0v) is 11.2. The summed E-state index contributed by atoms with van der Waals surface area (Å²) in [5, 5.41) is 2.72. The molecule has 0 aliphatic heterocycles. The van der Waals surface area contributed by atoms with Gasteiger partial charge in [0.15, 0.2) is 0 Å². The van der Waals surface area contributed by atoms with Gasteiger partial charge in [0.05, 0.1) is 5.92 Å². The molecule has 2 atom stereocenters. The van der Waals surface area contributed by atoms with Crippen LogP contribution in [0.15, 0.2) is 24.3 Å². The van der Waals surface area contributed by atoms with Gasteiger partial charge in [-0.05, 0) is 43.9 Å². The SMILES string of the molecule is NC(=O)C1(Nc2cccc(F)c2)CCCC(C(F)(F)F)C1. The van der Waals surface area contributed by atoms with Crippen molar-refractivity contribution >= 4 is 11.6 Å². The van der Waals surface area contributed by atoms with Crippen LogP contribution in [0.5, 0.6) is 0 Å². The number of benzene rings is 1. The summed E-state index contributed by atoms with van der Waals surface area (Å²) >= 11 is 0. The Labute approximate surface area is 119 Å². The highest BCUT2D eigenvalue weighted by atomic mass is 19.4. The second-order valence-electron chi connectivity index (χ2n) is 5.42. The van der Waals surface area contributed by atoms with E-state index in [1.807, 2.05) is 0 Å². The molecule has 116 valence electrons. The predicted octanol–water partition coefficient (Wildman–Crippen LogP) is 3.21. The van der Waals surface area contributed by atoms with Crippen molar-refractivity contribution in [1.29, 1.82) is 0 Å². The molecule has 0 bridgehead atoms. The molecule has 3 N–H and O–H groups in total. The fourth-order valence-corrected chi connectivity index (χ4v) is 2.80. The fourth-order valence-electron chi connectivity index (χ4n) is 2.80. The average Bonchev–Trinajstić information content (AvgIpc) is 2.37. The quantitative estimate of drug-likeness (QED) is 0.843. The van der Waals surface area contributed by atoms with Crippen LogP contribution in [0.2, 0.25) is 0 Å². The molecule has 0 aromatic heterocycles. The summed E-state index contributed by atoms with van der Waals surface area (Å²) < 4.78 is 51.9. The van der Waals surface area contributed by atoms with Crippen LogP contribution in [-0.4, -0.2) is 17.6 Å². The maximum atomic E-state index is 13.2. The lowest BCUT2D eigenvalue weighted by atomic mass is 9.74. The molecule has 7 heteroatoms. The molecule has 21 heavy (non-hydrogen) atoms. The van der Waals surface area contributed by atoms with E-state index in [1.54, 1.807) is 0 Å². The van der Waals surface area contributed by atoms with E-state index >= 15 is 0 Å². The highest BCUT2D eigenvalue weighted by Gasteiger charge is 2.50. The Kier molecular flexibility index (Phi) is 4.11. The first-order valence-corrected chi connectivity index (χ1v) is 6.63. The zero-order valence-electron chi connectivity index (χ0n) is 11.2. The third kappa shape index (κ3) is 3.46. The molecule has 2 unspecified atom stereocenters. The standard InChI is InChI=1S/C14H16F4N2O/c15-10-4-1-5-11(7-10)20-13(12(19)21)6-2-3-9(8-13)14(16,17)18/h1,4-5,7,9,20H,2-3,6,8H2,(H2,19,21). The Balaban J connectivity index is 2.26. The first kappa shape index (κ1) is 15.6. The number of carbonyl (C=O) groups excluding carboxylic acids is 1. The molecule has 0 saturated heterocycles. The molecular formula is C14H16F4N2O. The van der Waals surface area contributed by atoms with Gasteiger partial charge in [-0.3, -0.25) is 4.79 Å². The van der Waals surface area contributed by atoms with Crippen LogP contribution in [0.3, 0.4) is 0 Å². The van der Waals surface area contributed by atoms with Crippen molar-refractivity contribution in [3.05, 3.63) is 30.1 Å². The van der Waals surface area contributed by atoms with E-state index in [0.717, 1.165) is 6.07 Å². The van der Waals surface area contributed by atoms with E-state index in [-0.39, 0.29) is 24.9 Å². The van der Waals surface area contributed by atoms with E-state index in [4.69, 9.17) is 5.73 Å². The number of amides is 1. The van der Waals surface area contributed by atoms with Gasteiger partial charge in [0.2, 0.25) is 5.91 Å². The van der Waals surface area contributed by atoms with Crippen molar-refractivity contribution in [2.24, 2.45) is 11.7 Å². The number of alkyl halides is 3. The molecule has 3 nitrogen and oxygen atoms in total. The number of halogens is 4. The number of anilines is 1. The van der Waals surface area contributed by atoms with E-state index in [2.05, 4.69) is 5.32 Å². The number of primary amides is 1. The number of rotatable bonds is 3. The molecule has 2 rings (SSSR count). The van der Waals surface area contributed by atoms with Gasteiger partial charge in [-0.1, -0.05) is 6.07 Å². The molecule has 0 heterocycles. The normalized spacial score (nSPS) is 26.4. The number of carbonyl (C=O) groups is 1. The first-order chi connectivity index (χ1) is 9.73. The van der Waals surface area contributed by atoms with Crippen molar-refractivity contribution in [3.8, 4) is 0 Å². The Morgan fingerprint density at radius 3 is 2.67 bits per heavy atom. The fraction of sp³-hybridized carbons (Fsp3) is 0.500. The second-order valence-corrected chi connectivity index (χ2v) is 5.42. The van der Waals surface area contributed by atoms with Crippen LogP contribution >= 0.6 is 0 Å². The lowest BCUT2D eigenvalue weighted by Gasteiger charge is -2.40. The topological polar surface area (TPSA) is 55.1 Å². The van der Waals surface area contributed by atoms with Crippen molar-refractivity contribution in [3.63, 3.8) is 0 Å². The minimum absolute atomic E-state index is 0.0244. The molecule has 1 aromatic rings. The van der Waals surface area contributed by atoms with Crippen molar-refractivity contribution in [1.82, 2.24) is 0 Å². The van der Waals surface area contributed by atoms with E-state index in [0.29, 0.717) is 0 Å². The Morgan fingerprint density at radius 1 is 1.38 bits per heavy atom. The van der Waals surface area contributed by atoms with Crippen LogP contribution in [0, 0.1) is 11.7 Å². The summed E-state index contributed by atoms with van der Waals surface area (Å²) in [5.74, 6) is -2.97. The molecule has 1 aliphatic carbocycles. The highest BCUT2D eigenvalue weighted by Crippen LogP contribution is 2.43. The third-order valence-electron chi connectivity index (χ3n) is 3.89. The largest absolute Gasteiger partial charge is 0.391 e. The third-order valence-corrected chi connectivity index (χ3v) is 3.89. The lowest BCUT2D eigenvalue weighted by Crippen LogP contribution is -2.55. The van der Waals surface area contributed by atoms with E-state index in [1.165, 1.54) is 18.2 Å². The Bertz CT molecular complexity index is 532. The smallest absolute Gasteiger partial charge is 0.371 e. The highest BCUT2D eigenvalue weighted by molar-refractivity contribution is 5.88. The van der Waals surface area contributed by atoms with Gasteiger partial charge < -0.3 is 11.1 Å². The molecular weight excluding hydrogens is 288 g/mol. The van der Waals surface area contributed by atoms with Crippen LogP contribution in [0.25, 0.3) is 0 Å². The Morgan fingerprint density at radius 2 is 2.10 bits per heavy atom. The number of nitrogens with one attached hydrogen (secondary N) is 1. The number of nitrogens with two attached hydrogens (primary N) is 1. The summed E-state index contributed by atoms with van der Waals surface area (Å²) in [5.41, 5.74) is 4.08. The van der Waals surface area contributed by atoms with Gasteiger partial charge in [-0.2, -0.15) is 13.2 Å². The first-order valence-electron chi connectivity index (χ1n) is 6.63. The van der Waals surface area contributed by atoms with Crippen LogP contribution in [0.1, 0.15) is 25.7 Å². The maximum Gasteiger partial charge on any atom is 0.391 e. The van der Waals surface area contributed by atoms with Crippen LogP contribution in [0.4, 0.5) is 23.2 Å². The number of hydrogen-bond acceptors (Lipinski definition) is 2. The molecule has 1 amide bonds. The van der Waals surface area contributed by atoms with Gasteiger partial charge in [-0.15, -0.1) is 0 Å². The van der Waals surface area contributed by atoms with Crippen LogP contribution in [-0.2, 0) is 4.79 Å². The number of hydrogen-bond donors (Lipinski definition) is 2. The summed E-state index contributed by atoms with van der Waals surface area (Å²) in [6, 6.07) is 5.24. The van der Waals surface area contributed by atoms with Crippen LogP contribution < -0.4 is 11.1 Å². The minimum atomic E-state index is -4.37. The maximum absolute atomic E-state index is 13.2. The van der Waals surface area contributed by atoms with Gasteiger partial charge in [0, 0.05) is 5.69 Å². The van der Waals surface area contributed by atoms with Gasteiger partial charge in [0.1, 0.15) is 11.4 Å². The minimum Gasteiger partial charge on any atom is -0.371 e. The molecule has 1 aliphatic rings. The summed E-state index contributed by atoms with van der Waals surface area (Å²) in [4.78, 5) is 11.7. The van der Waals surface area contributed by atoms with Crippen molar-refractivity contribution in [2.75, 3.05) is 5.32 Å². The van der Waals surface area contributed by atoms with Gasteiger partial charge in [-0.25, -0.2) is 4.39 Å². The molecule has 1 aromatic carbocycles.